The molecule has 1 atom stereocenters. The zero-order chi connectivity index (χ0) is 21.3. The molecule has 1 aliphatic heterocycles. The van der Waals surface area contributed by atoms with Crippen molar-refractivity contribution in [2.75, 3.05) is 10.6 Å². The maximum absolute atomic E-state index is 14.4. The molecule has 1 unspecified atom stereocenters. The van der Waals surface area contributed by atoms with E-state index in [4.69, 9.17) is 10.8 Å². The zero-order valence-corrected chi connectivity index (χ0v) is 16.7. The van der Waals surface area contributed by atoms with Crippen LogP contribution in [0.4, 0.5) is 15.8 Å². The van der Waals surface area contributed by atoms with Crippen LogP contribution in [0.3, 0.4) is 0 Å². The van der Waals surface area contributed by atoms with Crippen LogP contribution in [-0.4, -0.2) is 22.2 Å². The first kappa shape index (κ1) is 20.0. The Morgan fingerprint density at radius 1 is 1.10 bits per heavy atom. The van der Waals surface area contributed by atoms with E-state index >= 15 is 0 Å². The van der Waals surface area contributed by atoms with Gasteiger partial charge in [0, 0.05) is 16.1 Å². The molecule has 1 amide bonds. The lowest BCUT2D eigenvalue weighted by atomic mass is 10.1. The van der Waals surface area contributed by atoms with Gasteiger partial charge in [-0.2, -0.15) is 0 Å². The first-order valence-corrected chi connectivity index (χ1v) is 10.2. The Labute approximate surface area is 177 Å². The van der Waals surface area contributed by atoms with Gasteiger partial charge in [-0.25, -0.2) is 9.18 Å². The number of para-hydroxylation sites is 1. The molecule has 1 aliphatic rings. The van der Waals surface area contributed by atoms with Gasteiger partial charge in [-0.15, -0.1) is 11.8 Å². The fraction of sp³-hybridized carbons (Fsp3) is 0.130. The van der Waals surface area contributed by atoms with Gasteiger partial charge in [0.2, 0.25) is 5.91 Å². The Kier molecular flexibility index (Phi) is 5.46. The number of fused-ring (bicyclic) bond motifs is 1. The molecule has 7 heteroatoms. The van der Waals surface area contributed by atoms with E-state index in [2.05, 4.69) is 0 Å². The second kappa shape index (κ2) is 8.20. The topological polar surface area (TPSA) is 83.6 Å². The molecule has 0 saturated carbocycles. The Morgan fingerprint density at radius 3 is 2.53 bits per heavy atom. The van der Waals surface area contributed by atoms with Crippen molar-refractivity contribution in [3.8, 4) is 0 Å². The lowest BCUT2D eigenvalue weighted by Gasteiger charge is -2.34. The van der Waals surface area contributed by atoms with Gasteiger partial charge in [0.15, 0.2) is 0 Å². The maximum atomic E-state index is 14.4. The van der Waals surface area contributed by atoms with E-state index in [-0.39, 0.29) is 18.0 Å². The SMILES string of the molecule is Nc1ccc(CN2C(=O)C(Cc3ccc(C(=O)O)cc3)Sc3ccccc32)c(F)c1. The second-order valence-corrected chi connectivity index (χ2v) is 8.30. The highest BCUT2D eigenvalue weighted by molar-refractivity contribution is 8.01. The standard InChI is InChI=1S/C23H19FN2O3S/c24-18-12-17(25)10-9-16(18)13-26-19-3-1-2-4-20(19)30-21(22(26)27)11-14-5-7-15(8-6-14)23(28)29/h1-10,12,21H,11,13,25H2,(H,28,29). The van der Waals surface area contributed by atoms with Crippen molar-refractivity contribution < 1.29 is 19.1 Å². The van der Waals surface area contributed by atoms with Crippen molar-refractivity contribution in [3.05, 3.63) is 89.2 Å². The summed E-state index contributed by atoms with van der Waals surface area (Å²) in [7, 11) is 0. The summed E-state index contributed by atoms with van der Waals surface area (Å²) in [6.07, 6.45) is 0.443. The number of carboxylic acid groups (broad SMARTS) is 1. The monoisotopic (exact) mass is 422 g/mol. The van der Waals surface area contributed by atoms with Crippen LogP contribution in [0.2, 0.25) is 0 Å². The minimum Gasteiger partial charge on any atom is -0.478 e. The number of carboxylic acids is 1. The number of benzene rings is 3. The summed E-state index contributed by atoms with van der Waals surface area (Å²) in [6.45, 7) is 0.108. The van der Waals surface area contributed by atoms with Gasteiger partial charge in [0.25, 0.3) is 0 Å². The third-order valence-electron chi connectivity index (χ3n) is 4.99. The lowest BCUT2D eigenvalue weighted by Crippen LogP contribution is -2.41. The van der Waals surface area contributed by atoms with Gasteiger partial charge in [0.1, 0.15) is 5.82 Å². The first-order chi connectivity index (χ1) is 14.4. The van der Waals surface area contributed by atoms with Gasteiger partial charge in [-0.1, -0.05) is 30.3 Å². The second-order valence-electron chi connectivity index (χ2n) is 7.06. The van der Waals surface area contributed by atoms with Gasteiger partial charge >= 0.3 is 5.97 Å². The van der Waals surface area contributed by atoms with Gasteiger partial charge < -0.3 is 15.7 Å². The van der Waals surface area contributed by atoms with E-state index in [9.17, 15) is 14.0 Å². The summed E-state index contributed by atoms with van der Waals surface area (Å²) in [5, 5.41) is 8.66. The van der Waals surface area contributed by atoms with Gasteiger partial charge in [-0.05, 0) is 48.4 Å². The number of anilines is 2. The molecular formula is C23H19FN2O3S. The van der Waals surface area contributed by atoms with Crippen LogP contribution in [0.25, 0.3) is 0 Å². The largest absolute Gasteiger partial charge is 0.478 e. The number of amides is 1. The molecule has 0 fully saturated rings. The average molecular weight is 422 g/mol. The Bertz CT molecular complexity index is 1120. The number of carbonyl (C=O) groups excluding carboxylic acids is 1. The molecule has 0 bridgehead atoms. The number of rotatable bonds is 5. The van der Waals surface area contributed by atoms with Crippen molar-refractivity contribution in [1.29, 1.82) is 0 Å². The lowest BCUT2D eigenvalue weighted by molar-refractivity contribution is -0.118. The van der Waals surface area contributed by atoms with Crippen molar-refractivity contribution in [3.63, 3.8) is 0 Å². The third-order valence-corrected chi connectivity index (χ3v) is 6.25. The molecule has 30 heavy (non-hydrogen) atoms. The van der Waals surface area contributed by atoms with E-state index in [1.54, 1.807) is 29.2 Å². The van der Waals surface area contributed by atoms with Crippen molar-refractivity contribution in [1.82, 2.24) is 0 Å². The summed E-state index contributed by atoms with van der Waals surface area (Å²) in [6, 6.07) is 18.5. The maximum Gasteiger partial charge on any atom is 0.335 e. The molecule has 0 aliphatic carbocycles. The third kappa shape index (κ3) is 4.02. The fourth-order valence-electron chi connectivity index (χ4n) is 3.43. The molecule has 0 saturated heterocycles. The van der Waals surface area contributed by atoms with Crippen LogP contribution < -0.4 is 10.6 Å². The number of hydrogen-bond donors (Lipinski definition) is 2. The highest BCUT2D eigenvalue weighted by atomic mass is 32.2. The molecule has 3 aromatic rings. The van der Waals surface area contributed by atoms with E-state index < -0.39 is 17.0 Å². The normalized spacial score (nSPS) is 15.7. The fourth-order valence-corrected chi connectivity index (χ4v) is 4.69. The molecular weight excluding hydrogens is 403 g/mol. The van der Waals surface area contributed by atoms with Crippen LogP contribution >= 0.6 is 11.8 Å². The number of halogens is 1. The zero-order valence-electron chi connectivity index (χ0n) is 15.9. The van der Waals surface area contributed by atoms with Crippen molar-refractivity contribution >= 4 is 35.0 Å². The molecule has 0 radical (unpaired) electrons. The molecule has 152 valence electrons. The van der Waals surface area contributed by atoms with Crippen LogP contribution in [0.5, 0.6) is 0 Å². The van der Waals surface area contributed by atoms with Crippen molar-refractivity contribution in [2.24, 2.45) is 0 Å². The Balaban J connectivity index is 1.62. The molecule has 3 aromatic carbocycles. The van der Waals surface area contributed by atoms with Crippen LogP contribution in [-0.2, 0) is 17.8 Å². The summed E-state index contributed by atoms with van der Waals surface area (Å²) in [4.78, 5) is 26.9. The minimum atomic E-state index is -0.990. The van der Waals surface area contributed by atoms with E-state index in [1.165, 1.54) is 30.0 Å². The molecule has 0 spiro atoms. The van der Waals surface area contributed by atoms with Gasteiger partial charge in [0.05, 0.1) is 23.0 Å². The summed E-state index contributed by atoms with van der Waals surface area (Å²) in [5.74, 6) is -1.55. The van der Waals surface area contributed by atoms with E-state index in [0.717, 1.165) is 16.1 Å². The highest BCUT2D eigenvalue weighted by Gasteiger charge is 2.34. The minimum absolute atomic E-state index is 0.108. The van der Waals surface area contributed by atoms with E-state index in [1.807, 2.05) is 24.3 Å². The number of hydrogen-bond acceptors (Lipinski definition) is 4. The quantitative estimate of drug-likeness (QED) is 0.597. The Morgan fingerprint density at radius 2 is 1.83 bits per heavy atom. The van der Waals surface area contributed by atoms with Gasteiger partial charge in [-0.3, -0.25) is 4.79 Å². The molecule has 0 aromatic heterocycles. The molecule has 3 N–H and O–H groups in total. The van der Waals surface area contributed by atoms with E-state index in [0.29, 0.717) is 17.7 Å². The van der Waals surface area contributed by atoms with Crippen LogP contribution in [0.1, 0.15) is 21.5 Å². The van der Waals surface area contributed by atoms with Crippen molar-refractivity contribution in [2.45, 2.75) is 23.1 Å². The number of nitrogens with two attached hydrogens (primary N) is 1. The highest BCUT2D eigenvalue weighted by Crippen LogP contribution is 2.41. The number of carbonyl (C=O) groups is 2. The molecule has 4 rings (SSSR count). The van der Waals surface area contributed by atoms with Crippen LogP contribution in [0.15, 0.2) is 71.6 Å². The number of nitrogen functional groups attached to an aromatic ring is 1. The predicted octanol–water partition coefficient (Wildman–Crippen LogP) is 4.36. The first-order valence-electron chi connectivity index (χ1n) is 9.35. The average Bonchev–Trinajstić information content (AvgIpc) is 2.73. The summed E-state index contributed by atoms with van der Waals surface area (Å²) in [5.41, 5.74) is 8.18. The number of thioether (sulfide) groups is 1. The summed E-state index contributed by atoms with van der Waals surface area (Å²) < 4.78 is 14.4. The molecule has 5 nitrogen and oxygen atoms in total. The number of nitrogens with zero attached hydrogens (tertiary/aromatic N) is 1. The Hall–Kier alpha value is -3.32. The van der Waals surface area contributed by atoms with Crippen LogP contribution in [0, 0.1) is 5.82 Å². The predicted molar refractivity (Wildman–Crippen MR) is 115 cm³/mol. The molecule has 1 heterocycles. The smallest absolute Gasteiger partial charge is 0.335 e. The summed E-state index contributed by atoms with van der Waals surface area (Å²) >= 11 is 1.47. The number of aromatic carboxylic acids is 1.